The number of hydrogen-bond donors (Lipinski definition) is 1. The molecule has 0 aromatic heterocycles. The molecule has 2 aromatic carbocycles. The Bertz CT molecular complexity index is 938. The van der Waals surface area contributed by atoms with Gasteiger partial charge >= 0.3 is 0 Å². The lowest BCUT2D eigenvalue weighted by molar-refractivity contribution is -0.110. The quantitative estimate of drug-likeness (QED) is 0.755. The standard InChI is InChI=1S/C19H23FN2O5S/c1-22-19(13-8-9-16(25-2)17(10-13)26-3)18(12-27-22)28(23,24)21-11-14-6-4-5-7-15(14)20/h4-10,18-19,21H,11-12H2,1-3H3/t18-,19+/m1/s1. The smallest absolute Gasteiger partial charge is 0.219 e. The lowest BCUT2D eigenvalue weighted by Gasteiger charge is -2.24. The Kier molecular flexibility index (Phi) is 6.19. The Morgan fingerprint density at radius 2 is 1.89 bits per heavy atom. The van der Waals surface area contributed by atoms with Crippen molar-refractivity contribution in [2.75, 3.05) is 27.9 Å². The third kappa shape index (κ3) is 4.12. The Balaban J connectivity index is 1.85. The van der Waals surface area contributed by atoms with Gasteiger partial charge in [-0.3, -0.25) is 4.84 Å². The number of benzene rings is 2. The number of nitrogens with zero attached hydrogens (tertiary/aromatic N) is 1. The van der Waals surface area contributed by atoms with Crippen LogP contribution in [0.5, 0.6) is 11.5 Å². The van der Waals surface area contributed by atoms with Crippen LogP contribution in [-0.2, 0) is 21.4 Å². The fourth-order valence-corrected chi connectivity index (χ4v) is 4.72. The van der Waals surface area contributed by atoms with Crippen molar-refractivity contribution in [2.45, 2.75) is 17.8 Å². The largest absolute Gasteiger partial charge is 0.493 e. The van der Waals surface area contributed by atoms with Gasteiger partial charge in [0.1, 0.15) is 11.1 Å². The molecule has 1 N–H and O–H groups in total. The maximum absolute atomic E-state index is 13.8. The number of rotatable bonds is 7. The van der Waals surface area contributed by atoms with Crippen molar-refractivity contribution in [2.24, 2.45) is 0 Å². The van der Waals surface area contributed by atoms with Gasteiger partial charge in [0.05, 0.1) is 26.9 Å². The lowest BCUT2D eigenvalue weighted by atomic mass is 10.0. The third-order valence-electron chi connectivity index (χ3n) is 4.76. The van der Waals surface area contributed by atoms with E-state index in [9.17, 15) is 12.8 Å². The Morgan fingerprint density at radius 1 is 1.18 bits per heavy atom. The summed E-state index contributed by atoms with van der Waals surface area (Å²) in [5, 5.41) is 0.635. The van der Waals surface area contributed by atoms with Crippen molar-refractivity contribution in [3.05, 3.63) is 59.4 Å². The molecule has 2 aromatic rings. The molecule has 1 fully saturated rings. The fourth-order valence-electron chi connectivity index (χ4n) is 3.24. The van der Waals surface area contributed by atoms with E-state index in [0.717, 1.165) is 0 Å². The highest BCUT2D eigenvalue weighted by Crippen LogP contribution is 2.37. The minimum absolute atomic E-state index is 0.0118. The maximum Gasteiger partial charge on any atom is 0.219 e. The predicted octanol–water partition coefficient (Wildman–Crippen LogP) is 2.25. The van der Waals surface area contributed by atoms with E-state index in [2.05, 4.69) is 4.72 Å². The van der Waals surface area contributed by atoms with E-state index in [0.29, 0.717) is 17.1 Å². The summed E-state index contributed by atoms with van der Waals surface area (Å²) in [4.78, 5) is 5.49. The number of hydrogen-bond acceptors (Lipinski definition) is 6. The Labute approximate surface area is 164 Å². The molecular formula is C19H23FN2O5S. The summed E-state index contributed by atoms with van der Waals surface area (Å²) < 4.78 is 52.7. The van der Waals surface area contributed by atoms with Gasteiger partial charge in [0.2, 0.25) is 10.0 Å². The molecular weight excluding hydrogens is 387 g/mol. The van der Waals surface area contributed by atoms with Crippen LogP contribution in [0.1, 0.15) is 17.2 Å². The van der Waals surface area contributed by atoms with Gasteiger partial charge in [-0.2, -0.15) is 5.06 Å². The minimum Gasteiger partial charge on any atom is -0.493 e. The zero-order valence-corrected chi connectivity index (χ0v) is 16.7. The first kappa shape index (κ1) is 20.5. The number of methoxy groups -OCH3 is 2. The van der Waals surface area contributed by atoms with Crippen LogP contribution in [0.3, 0.4) is 0 Å². The normalized spacial score (nSPS) is 20.3. The van der Waals surface area contributed by atoms with Gasteiger partial charge in [-0.05, 0) is 23.8 Å². The van der Waals surface area contributed by atoms with Crippen molar-refractivity contribution >= 4 is 10.0 Å². The summed E-state index contributed by atoms with van der Waals surface area (Å²) in [6.45, 7) is -0.143. The van der Waals surface area contributed by atoms with E-state index in [4.69, 9.17) is 14.3 Å². The molecule has 3 rings (SSSR count). The van der Waals surface area contributed by atoms with Gasteiger partial charge in [-0.1, -0.05) is 24.3 Å². The zero-order valence-electron chi connectivity index (χ0n) is 15.9. The lowest BCUT2D eigenvalue weighted by Crippen LogP contribution is -2.39. The molecule has 2 atom stereocenters. The van der Waals surface area contributed by atoms with E-state index >= 15 is 0 Å². The number of ether oxygens (including phenoxy) is 2. The average molecular weight is 410 g/mol. The molecule has 0 saturated carbocycles. The van der Waals surface area contributed by atoms with E-state index < -0.39 is 27.1 Å². The molecule has 152 valence electrons. The molecule has 7 nitrogen and oxygen atoms in total. The topological polar surface area (TPSA) is 77.1 Å². The van der Waals surface area contributed by atoms with E-state index in [1.54, 1.807) is 43.4 Å². The van der Waals surface area contributed by atoms with Crippen LogP contribution in [0.25, 0.3) is 0 Å². The molecule has 1 saturated heterocycles. The summed E-state index contributed by atoms with van der Waals surface area (Å²) in [5.74, 6) is 0.585. The first-order chi connectivity index (χ1) is 13.4. The minimum atomic E-state index is -3.80. The van der Waals surface area contributed by atoms with Crippen LogP contribution in [0.15, 0.2) is 42.5 Å². The fraction of sp³-hybridized carbons (Fsp3) is 0.368. The highest BCUT2D eigenvalue weighted by Gasteiger charge is 2.43. The van der Waals surface area contributed by atoms with Crippen molar-refractivity contribution in [1.82, 2.24) is 9.79 Å². The van der Waals surface area contributed by atoms with Gasteiger partial charge in [0.15, 0.2) is 11.5 Å². The Morgan fingerprint density at radius 3 is 2.57 bits per heavy atom. The third-order valence-corrected chi connectivity index (χ3v) is 6.49. The molecule has 0 radical (unpaired) electrons. The molecule has 0 unspecified atom stereocenters. The second-order valence-corrected chi connectivity index (χ2v) is 8.38. The maximum atomic E-state index is 13.8. The molecule has 1 heterocycles. The first-order valence-corrected chi connectivity index (χ1v) is 10.2. The van der Waals surface area contributed by atoms with Crippen LogP contribution in [0, 0.1) is 5.82 Å². The van der Waals surface area contributed by atoms with Gasteiger partial charge in [0.25, 0.3) is 0 Å². The molecule has 1 aliphatic rings. The molecule has 0 amide bonds. The van der Waals surface area contributed by atoms with E-state index in [1.807, 2.05) is 0 Å². The number of halogens is 1. The molecule has 0 bridgehead atoms. The van der Waals surface area contributed by atoms with Gasteiger partial charge < -0.3 is 9.47 Å². The molecule has 28 heavy (non-hydrogen) atoms. The molecule has 9 heteroatoms. The van der Waals surface area contributed by atoms with Gasteiger partial charge in [-0.15, -0.1) is 0 Å². The summed E-state index contributed by atoms with van der Waals surface area (Å²) in [5.41, 5.74) is 0.986. The predicted molar refractivity (Wildman–Crippen MR) is 102 cm³/mol. The van der Waals surface area contributed by atoms with Crippen molar-refractivity contribution in [3.63, 3.8) is 0 Å². The van der Waals surface area contributed by atoms with Crippen LogP contribution >= 0.6 is 0 Å². The first-order valence-electron chi connectivity index (χ1n) is 8.67. The second-order valence-electron chi connectivity index (χ2n) is 6.40. The van der Waals surface area contributed by atoms with Crippen molar-refractivity contribution < 1.29 is 27.1 Å². The molecule has 0 spiro atoms. The van der Waals surface area contributed by atoms with E-state index in [1.165, 1.54) is 25.3 Å². The van der Waals surface area contributed by atoms with Crippen LogP contribution < -0.4 is 14.2 Å². The average Bonchev–Trinajstić information content (AvgIpc) is 3.09. The van der Waals surface area contributed by atoms with Crippen molar-refractivity contribution in [1.29, 1.82) is 0 Å². The van der Waals surface area contributed by atoms with E-state index in [-0.39, 0.29) is 18.7 Å². The van der Waals surface area contributed by atoms with Crippen LogP contribution in [0.4, 0.5) is 4.39 Å². The molecule has 0 aliphatic carbocycles. The van der Waals surface area contributed by atoms with Crippen LogP contribution in [0.2, 0.25) is 0 Å². The SMILES string of the molecule is COc1ccc([C@H]2[C@H](S(=O)(=O)NCc3ccccc3F)CON2C)cc1OC. The summed E-state index contributed by atoms with van der Waals surface area (Å²) >= 11 is 0. The monoisotopic (exact) mass is 410 g/mol. The number of sulfonamides is 1. The second kappa shape index (κ2) is 8.44. The number of nitrogens with one attached hydrogen (secondary N) is 1. The zero-order chi connectivity index (χ0) is 20.3. The van der Waals surface area contributed by atoms with Crippen LogP contribution in [-0.4, -0.2) is 46.6 Å². The summed E-state index contributed by atoms with van der Waals surface area (Å²) in [6, 6.07) is 10.7. The summed E-state index contributed by atoms with van der Waals surface area (Å²) in [6.07, 6.45) is 0. The number of hydroxylamine groups is 2. The highest BCUT2D eigenvalue weighted by atomic mass is 32.2. The Hall–Kier alpha value is -2.20. The molecule has 1 aliphatic heterocycles. The van der Waals surface area contributed by atoms with Gasteiger partial charge in [-0.25, -0.2) is 17.5 Å². The van der Waals surface area contributed by atoms with Gasteiger partial charge in [0, 0.05) is 19.2 Å². The van der Waals surface area contributed by atoms with Crippen molar-refractivity contribution in [3.8, 4) is 11.5 Å². The highest BCUT2D eigenvalue weighted by molar-refractivity contribution is 7.90. The summed E-state index contributed by atoms with van der Waals surface area (Å²) in [7, 11) is 0.923.